The first kappa shape index (κ1) is 12.3. The van der Waals surface area contributed by atoms with Crippen LogP contribution in [0.15, 0.2) is 0 Å². The summed E-state index contributed by atoms with van der Waals surface area (Å²) in [5, 5.41) is 13.0. The molecule has 2 aliphatic heterocycles. The smallest absolute Gasteiger partial charge is 0.0631 e. The molecule has 0 spiro atoms. The monoisotopic (exact) mass is 227 g/mol. The molecule has 0 bridgehead atoms. The number of ether oxygens (including phenoxy) is 1. The Morgan fingerprint density at radius 1 is 1.25 bits per heavy atom. The molecular formula is C13H25NO2. The molecule has 16 heavy (non-hydrogen) atoms. The Kier molecular flexibility index (Phi) is 3.57. The van der Waals surface area contributed by atoms with Gasteiger partial charge in [0.05, 0.1) is 11.7 Å². The van der Waals surface area contributed by atoms with Crippen LogP contribution in [0.5, 0.6) is 0 Å². The molecule has 2 rings (SSSR count). The summed E-state index contributed by atoms with van der Waals surface area (Å²) in [6, 6.07) is 0. The summed E-state index contributed by atoms with van der Waals surface area (Å²) in [4.78, 5) is 0. The molecule has 2 N–H and O–H groups in total. The van der Waals surface area contributed by atoms with Crippen molar-refractivity contribution in [3.8, 4) is 0 Å². The maximum atomic E-state index is 9.65. The summed E-state index contributed by atoms with van der Waals surface area (Å²) < 4.78 is 6.05. The number of piperidine rings is 1. The van der Waals surface area contributed by atoms with Crippen molar-refractivity contribution in [3.63, 3.8) is 0 Å². The van der Waals surface area contributed by atoms with Crippen molar-refractivity contribution < 1.29 is 9.84 Å². The minimum atomic E-state index is 0.0498. The molecule has 0 saturated carbocycles. The third kappa shape index (κ3) is 2.76. The Labute approximate surface area is 98.6 Å². The molecule has 3 nitrogen and oxygen atoms in total. The molecule has 2 aliphatic rings. The Hall–Kier alpha value is -0.120. The van der Waals surface area contributed by atoms with Crippen molar-refractivity contribution in [2.75, 3.05) is 19.7 Å². The van der Waals surface area contributed by atoms with Gasteiger partial charge >= 0.3 is 0 Å². The highest BCUT2D eigenvalue weighted by atomic mass is 16.5. The van der Waals surface area contributed by atoms with Crippen molar-refractivity contribution in [2.24, 2.45) is 5.41 Å². The normalized spacial score (nSPS) is 32.8. The van der Waals surface area contributed by atoms with Crippen LogP contribution in [0, 0.1) is 5.41 Å². The van der Waals surface area contributed by atoms with Gasteiger partial charge in [0, 0.05) is 6.61 Å². The van der Waals surface area contributed by atoms with E-state index in [9.17, 15) is 5.11 Å². The third-order valence-electron chi connectivity index (χ3n) is 4.21. The molecule has 2 fully saturated rings. The van der Waals surface area contributed by atoms with Crippen molar-refractivity contribution in [3.05, 3.63) is 0 Å². The lowest BCUT2D eigenvalue weighted by Crippen LogP contribution is -2.41. The molecule has 3 heteroatoms. The predicted octanol–water partition coefficient (Wildman–Crippen LogP) is 1.70. The van der Waals surface area contributed by atoms with E-state index in [1.165, 1.54) is 0 Å². The highest BCUT2D eigenvalue weighted by Gasteiger charge is 2.39. The van der Waals surface area contributed by atoms with E-state index in [1.54, 1.807) is 0 Å². The number of rotatable bonds is 3. The molecule has 1 unspecified atom stereocenters. The maximum Gasteiger partial charge on any atom is 0.0631 e. The van der Waals surface area contributed by atoms with Gasteiger partial charge in [-0.05, 0) is 64.5 Å². The predicted molar refractivity (Wildman–Crippen MR) is 64.4 cm³/mol. The molecule has 2 saturated heterocycles. The zero-order valence-electron chi connectivity index (χ0n) is 10.6. The Morgan fingerprint density at radius 2 is 1.94 bits per heavy atom. The molecule has 0 aromatic carbocycles. The van der Waals surface area contributed by atoms with Gasteiger partial charge in [-0.15, -0.1) is 0 Å². The fraction of sp³-hybridized carbons (Fsp3) is 1.00. The van der Waals surface area contributed by atoms with Crippen molar-refractivity contribution in [1.29, 1.82) is 0 Å². The Balaban J connectivity index is 1.91. The average molecular weight is 227 g/mol. The summed E-state index contributed by atoms with van der Waals surface area (Å²) in [7, 11) is 0. The van der Waals surface area contributed by atoms with Crippen LogP contribution in [-0.4, -0.2) is 36.5 Å². The van der Waals surface area contributed by atoms with Gasteiger partial charge in [0.25, 0.3) is 0 Å². The van der Waals surface area contributed by atoms with Gasteiger partial charge < -0.3 is 15.2 Å². The van der Waals surface area contributed by atoms with Gasteiger partial charge in [-0.2, -0.15) is 0 Å². The standard InChI is InChI=1S/C13H25NO2/c1-12(2)4-3-11(16-12)9-13(10-15)5-7-14-8-6-13/h11,14-15H,3-10H2,1-2H3. The van der Waals surface area contributed by atoms with Crippen molar-refractivity contribution in [1.82, 2.24) is 5.32 Å². The van der Waals surface area contributed by atoms with Gasteiger partial charge in [0.2, 0.25) is 0 Å². The average Bonchev–Trinajstić information content (AvgIpc) is 2.59. The molecule has 0 aromatic rings. The van der Waals surface area contributed by atoms with Crippen molar-refractivity contribution in [2.45, 2.75) is 57.7 Å². The zero-order valence-corrected chi connectivity index (χ0v) is 10.6. The van der Waals surface area contributed by atoms with E-state index in [0.29, 0.717) is 12.7 Å². The van der Waals surface area contributed by atoms with E-state index >= 15 is 0 Å². The van der Waals surface area contributed by atoms with Crippen LogP contribution in [0.1, 0.15) is 46.0 Å². The van der Waals surface area contributed by atoms with Crippen LogP contribution < -0.4 is 5.32 Å². The molecule has 0 radical (unpaired) electrons. The number of aliphatic hydroxyl groups is 1. The summed E-state index contributed by atoms with van der Waals surface area (Å²) in [6.45, 7) is 6.73. The van der Waals surface area contributed by atoms with Crippen LogP contribution in [0.4, 0.5) is 0 Å². The summed E-state index contributed by atoms with van der Waals surface area (Å²) in [6.07, 6.45) is 5.88. The van der Waals surface area contributed by atoms with E-state index in [0.717, 1.165) is 45.2 Å². The van der Waals surface area contributed by atoms with E-state index < -0.39 is 0 Å². The number of nitrogens with one attached hydrogen (secondary N) is 1. The first-order valence-corrected chi connectivity index (χ1v) is 6.55. The summed E-state index contributed by atoms with van der Waals surface area (Å²) >= 11 is 0. The van der Waals surface area contributed by atoms with Gasteiger partial charge in [0.1, 0.15) is 0 Å². The van der Waals surface area contributed by atoms with E-state index in [4.69, 9.17) is 4.74 Å². The third-order valence-corrected chi connectivity index (χ3v) is 4.21. The summed E-state index contributed by atoms with van der Waals surface area (Å²) in [5.74, 6) is 0. The molecule has 0 amide bonds. The SMILES string of the molecule is CC1(C)CCC(CC2(CO)CCNCC2)O1. The lowest BCUT2D eigenvalue weighted by Gasteiger charge is -2.38. The van der Waals surface area contributed by atoms with E-state index in [-0.39, 0.29) is 11.0 Å². The molecular weight excluding hydrogens is 202 g/mol. The molecule has 0 aliphatic carbocycles. The first-order valence-electron chi connectivity index (χ1n) is 6.55. The topological polar surface area (TPSA) is 41.5 Å². The minimum Gasteiger partial charge on any atom is -0.396 e. The largest absolute Gasteiger partial charge is 0.396 e. The van der Waals surface area contributed by atoms with Crippen LogP contribution in [0.3, 0.4) is 0 Å². The van der Waals surface area contributed by atoms with E-state index in [1.807, 2.05) is 0 Å². The fourth-order valence-corrected chi connectivity index (χ4v) is 3.09. The number of hydrogen-bond donors (Lipinski definition) is 2. The van der Waals surface area contributed by atoms with Gasteiger partial charge in [-0.3, -0.25) is 0 Å². The van der Waals surface area contributed by atoms with Gasteiger partial charge in [0.15, 0.2) is 0 Å². The highest BCUT2D eigenvalue weighted by molar-refractivity contribution is 4.90. The molecule has 2 heterocycles. The minimum absolute atomic E-state index is 0.0498. The quantitative estimate of drug-likeness (QED) is 0.771. The molecule has 0 aromatic heterocycles. The maximum absolute atomic E-state index is 9.65. The lowest BCUT2D eigenvalue weighted by atomic mass is 9.75. The zero-order chi connectivity index (χ0) is 11.6. The first-order chi connectivity index (χ1) is 7.55. The summed E-state index contributed by atoms with van der Waals surface area (Å²) in [5.41, 5.74) is 0.171. The number of aliphatic hydroxyl groups excluding tert-OH is 1. The fourth-order valence-electron chi connectivity index (χ4n) is 3.09. The Bertz CT molecular complexity index is 234. The molecule has 1 atom stereocenters. The highest BCUT2D eigenvalue weighted by Crippen LogP contribution is 2.40. The van der Waals surface area contributed by atoms with Crippen LogP contribution >= 0.6 is 0 Å². The van der Waals surface area contributed by atoms with Crippen molar-refractivity contribution >= 4 is 0 Å². The second-order valence-electron chi connectivity index (χ2n) is 6.15. The van der Waals surface area contributed by atoms with Gasteiger partial charge in [-0.25, -0.2) is 0 Å². The van der Waals surface area contributed by atoms with E-state index in [2.05, 4.69) is 19.2 Å². The Morgan fingerprint density at radius 3 is 2.44 bits per heavy atom. The van der Waals surface area contributed by atoms with Crippen LogP contribution in [-0.2, 0) is 4.74 Å². The second-order valence-corrected chi connectivity index (χ2v) is 6.15. The van der Waals surface area contributed by atoms with Gasteiger partial charge in [-0.1, -0.05) is 0 Å². The lowest BCUT2D eigenvalue weighted by molar-refractivity contribution is -0.0499. The number of hydrogen-bond acceptors (Lipinski definition) is 3. The van der Waals surface area contributed by atoms with Crippen LogP contribution in [0.2, 0.25) is 0 Å². The molecule has 94 valence electrons. The second kappa shape index (κ2) is 4.63. The van der Waals surface area contributed by atoms with Crippen LogP contribution in [0.25, 0.3) is 0 Å².